The minimum Gasteiger partial charge on any atom is -0.495 e. The summed E-state index contributed by atoms with van der Waals surface area (Å²) in [6.07, 6.45) is -1.86. The number of halogens is 1. The monoisotopic (exact) mass is 403 g/mol. The molecule has 1 aliphatic rings. The number of rotatable bonds is 5. The van der Waals surface area contributed by atoms with Gasteiger partial charge in [-0.05, 0) is 26.0 Å². The van der Waals surface area contributed by atoms with Gasteiger partial charge < -0.3 is 19.5 Å². The fourth-order valence-electron chi connectivity index (χ4n) is 3.17. The average Bonchev–Trinajstić information content (AvgIpc) is 2.79. The van der Waals surface area contributed by atoms with Crippen molar-refractivity contribution in [2.24, 2.45) is 0 Å². The average molecular weight is 404 g/mol. The van der Waals surface area contributed by atoms with E-state index in [4.69, 9.17) is 25.8 Å². The number of hydrogen-bond acceptors (Lipinski definition) is 5. The summed E-state index contributed by atoms with van der Waals surface area (Å²) in [5.41, 5.74) is 3.03. The zero-order valence-corrected chi connectivity index (χ0v) is 16.7. The standard InChI is InChI=1S/C21H22ClNO5/c1-4-27-18(24)11-17-21(25)23-15-9-8-12(2)10-14(15)20(28-17)13-6-5-7-16(26-3)19(13)22/h5-10,17,20H,4,11H2,1-3H3,(H,23,25). The molecule has 6 nitrogen and oxygen atoms in total. The molecule has 0 fully saturated rings. The quantitative estimate of drug-likeness (QED) is 0.763. The van der Waals surface area contributed by atoms with Crippen LogP contribution in [0.5, 0.6) is 5.75 Å². The predicted octanol–water partition coefficient (Wildman–Crippen LogP) is 4.04. The first kappa shape index (κ1) is 20.2. The van der Waals surface area contributed by atoms with Crippen molar-refractivity contribution in [2.75, 3.05) is 19.0 Å². The molecule has 148 valence electrons. The summed E-state index contributed by atoms with van der Waals surface area (Å²) < 4.78 is 16.4. The maximum atomic E-state index is 12.7. The third-order valence-electron chi connectivity index (χ3n) is 4.49. The van der Waals surface area contributed by atoms with Crippen LogP contribution in [0, 0.1) is 6.92 Å². The van der Waals surface area contributed by atoms with Crippen molar-refractivity contribution < 1.29 is 23.8 Å². The Bertz CT molecular complexity index is 898. The van der Waals surface area contributed by atoms with E-state index in [0.29, 0.717) is 22.0 Å². The summed E-state index contributed by atoms with van der Waals surface area (Å²) in [6, 6.07) is 11.0. The molecule has 2 unspecified atom stereocenters. The lowest BCUT2D eigenvalue weighted by Gasteiger charge is -2.23. The summed E-state index contributed by atoms with van der Waals surface area (Å²) in [6.45, 7) is 3.90. The number of carbonyl (C=O) groups excluding carboxylic acids is 2. The van der Waals surface area contributed by atoms with E-state index in [1.165, 1.54) is 7.11 Å². The molecule has 0 saturated carbocycles. The van der Waals surface area contributed by atoms with Crippen LogP contribution in [0.2, 0.25) is 5.02 Å². The lowest BCUT2D eigenvalue weighted by molar-refractivity contribution is -0.150. The maximum Gasteiger partial charge on any atom is 0.308 e. The molecule has 2 aromatic carbocycles. The van der Waals surface area contributed by atoms with E-state index in [9.17, 15) is 9.59 Å². The van der Waals surface area contributed by atoms with E-state index in [2.05, 4.69) is 5.32 Å². The second-order valence-electron chi connectivity index (χ2n) is 6.46. The van der Waals surface area contributed by atoms with Crippen LogP contribution >= 0.6 is 11.6 Å². The second kappa shape index (κ2) is 8.63. The minimum atomic E-state index is -1.01. The molecule has 7 heteroatoms. The van der Waals surface area contributed by atoms with Gasteiger partial charge in [-0.15, -0.1) is 0 Å². The molecule has 2 aromatic rings. The highest BCUT2D eigenvalue weighted by molar-refractivity contribution is 6.33. The first-order valence-electron chi connectivity index (χ1n) is 8.99. The first-order chi connectivity index (χ1) is 13.4. The lowest BCUT2D eigenvalue weighted by Crippen LogP contribution is -2.32. The molecule has 1 aliphatic heterocycles. The topological polar surface area (TPSA) is 73.9 Å². The van der Waals surface area contributed by atoms with Crippen LogP contribution in [0.1, 0.15) is 36.1 Å². The van der Waals surface area contributed by atoms with Gasteiger partial charge in [-0.1, -0.05) is 41.4 Å². The molecule has 1 N–H and O–H groups in total. The molecule has 3 rings (SSSR count). The van der Waals surface area contributed by atoms with Crippen molar-refractivity contribution in [2.45, 2.75) is 32.5 Å². The Labute approximate surface area is 168 Å². The molecule has 0 aromatic heterocycles. The highest BCUT2D eigenvalue weighted by Crippen LogP contribution is 2.41. The van der Waals surface area contributed by atoms with Gasteiger partial charge in [-0.25, -0.2) is 0 Å². The lowest BCUT2D eigenvalue weighted by atomic mass is 9.97. The second-order valence-corrected chi connectivity index (χ2v) is 6.84. The molecule has 1 heterocycles. The van der Waals surface area contributed by atoms with Crippen LogP contribution in [0.15, 0.2) is 36.4 Å². The highest BCUT2D eigenvalue weighted by Gasteiger charge is 2.34. The van der Waals surface area contributed by atoms with E-state index < -0.39 is 24.1 Å². The number of methoxy groups -OCH3 is 1. The fraction of sp³-hybridized carbons (Fsp3) is 0.333. The predicted molar refractivity (Wildman–Crippen MR) is 106 cm³/mol. The number of fused-ring (bicyclic) bond motifs is 1. The van der Waals surface area contributed by atoms with Gasteiger partial charge in [-0.3, -0.25) is 9.59 Å². The zero-order valence-electron chi connectivity index (χ0n) is 16.0. The molecular weight excluding hydrogens is 382 g/mol. The molecule has 0 saturated heterocycles. The van der Waals surface area contributed by atoms with E-state index in [-0.39, 0.29) is 13.0 Å². The fourth-order valence-corrected chi connectivity index (χ4v) is 3.47. The molecule has 0 spiro atoms. The Morgan fingerprint density at radius 1 is 1.25 bits per heavy atom. The van der Waals surface area contributed by atoms with E-state index in [1.807, 2.05) is 31.2 Å². The third kappa shape index (κ3) is 4.13. The van der Waals surface area contributed by atoms with Crippen LogP contribution in [0.4, 0.5) is 5.69 Å². The molecule has 1 amide bonds. The SMILES string of the molecule is CCOC(=O)CC1OC(c2cccc(OC)c2Cl)c2cc(C)ccc2NC1=O. The molecular formula is C21H22ClNO5. The number of ether oxygens (including phenoxy) is 3. The Balaban J connectivity index is 2.08. The van der Waals surface area contributed by atoms with Crippen molar-refractivity contribution in [3.63, 3.8) is 0 Å². The number of amides is 1. The van der Waals surface area contributed by atoms with Gasteiger partial charge in [-0.2, -0.15) is 0 Å². The van der Waals surface area contributed by atoms with Crippen LogP contribution in [-0.4, -0.2) is 31.7 Å². The number of anilines is 1. The van der Waals surface area contributed by atoms with E-state index in [1.54, 1.807) is 19.1 Å². The van der Waals surface area contributed by atoms with Crippen molar-refractivity contribution in [3.05, 3.63) is 58.1 Å². The maximum absolute atomic E-state index is 12.7. The van der Waals surface area contributed by atoms with Crippen LogP contribution in [0.25, 0.3) is 0 Å². The van der Waals surface area contributed by atoms with Gasteiger partial charge >= 0.3 is 5.97 Å². The van der Waals surface area contributed by atoms with Crippen molar-refractivity contribution in [3.8, 4) is 5.75 Å². The minimum absolute atomic E-state index is 0.190. The van der Waals surface area contributed by atoms with Gasteiger partial charge in [0.15, 0.2) is 0 Å². The summed E-state index contributed by atoms with van der Waals surface area (Å²) >= 11 is 6.54. The Hall–Kier alpha value is -2.57. The number of aryl methyl sites for hydroxylation is 1. The highest BCUT2D eigenvalue weighted by atomic mass is 35.5. The third-order valence-corrected chi connectivity index (χ3v) is 4.90. The van der Waals surface area contributed by atoms with Crippen molar-refractivity contribution in [1.29, 1.82) is 0 Å². The molecule has 28 heavy (non-hydrogen) atoms. The first-order valence-corrected chi connectivity index (χ1v) is 9.37. The van der Waals surface area contributed by atoms with Gasteiger partial charge in [0.05, 0.1) is 25.2 Å². The van der Waals surface area contributed by atoms with E-state index in [0.717, 1.165) is 11.1 Å². The number of benzene rings is 2. The van der Waals surface area contributed by atoms with Crippen LogP contribution in [0.3, 0.4) is 0 Å². The smallest absolute Gasteiger partial charge is 0.308 e. The zero-order chi connectivity index (χ0) is 20.3. The number of nitrogens with one attached hydrogen (secondary N) is 1. The van der Waals surface area contributed by atoms with Gasteiger partial charge in [0.1, 0.15) is 18.0 Å². The van der Waals surface area contributed by atoms with Crippen LogP contribution < -0.4 is 10.1 Å². The normalized spacial score (nSPS) is 18.6. The van der Waals surface area contributed by atoms with Crippen molar-refractivity contribution >= 4 is 29.2 Å². The Morgan fingerprint density at radius 2 is 2.04 bits per heavy atom. The summed E-state index contributed by atoms with van der Waals surface area (Å²) in [5.74, 6) is -0.401. The largest absolute Gasteiger partial charge is 0.495 e. The van der Waals surface area contributed by atoms with Gasteiger partial charge in [0.25, 0.3) is 5.91 Å². The molecule has 0 radical (unpaired) electrons. The van der Waals surface area contributed by atoms with Gasteiger partial charge in [0, 0.05) is 16.8 Å². The Morgan fingerprint density at radius 3 is 2.75 bits per heavy atom. The van der Waals surface area contributed by atoms with E-state index >= 15 is 0 Å². The molecule has 0 bridgehead atoms. The van der Waals surface area contributed by atoms with Crippen LogP contribution in [-0.2, 0) is 19.1 Å². The Kier molecular flexibility index (Phi) is 6.21. The summed E-state index contributed by atoms with van der Waals surface area (Å²) in [5, 5.41) is 3.24. The molecule has 0 aliphatic carbocycles. The molecule has 2 atom stereocenters. The number of hydrogen-bond donors (Lipinski definition) is 1. The number of carbonyl (C=O) groups is 2. The summed E-state index contributed by atoms with van der Waals surface area (Å²) in [4.78, 5) is 24.7. The van der Waals surface area contributed by atoms with Crippen molar-refractivity contribution in [1.82, 2.24) is 0 Å². The number of esters is 1. The van der Waals surface area contributed by atoms with Gasteiger partial charge in [0.2, 0.25) is 0 Å². The summed E-state index contributed by atoms with van der Waals surface area (Å²) in [7, 11) is 1.53.